The highest BCUT2D eigenvalue weighted by Crippen LogP contribution is 2.23. The van der Waals surface area contributed by atoms with Gasteiger partial charge in [-0.3, -0.25) is 0 Å². The lowest BCUT2D eigenvalue weighted by molar-refractivity contribution is 0.0231. The van der Waals surface area contributed by atoms with Crippen molar-refractivity contribution in [1.29, 1.82) is 0 Å². The molecule has 0 bridgehead atoms. The second-order valence-corrected chi connectivity index (χ2v) is 4.83. The van der Waals surface area contributed by atoms with Crippen LogP contribution in [-0.4, -0.2) is 28.7 Å². The van der Waals surface area contributed by atoms with Gasteiger partial charge in [0.15, 0.2) is 0 Å². The van der Waals surface area contributed by atoms with E-state index in [0.717, 1.165) is 29.7 Å². The Kier molecular flexibility index (Phi) is 3.60. The lowest BCUT2D eigenvalue weighted by Gasteiger charge is -2.28. The van der Waals surface area contributed by atoms with Gasteiger partial charge >= 0.3 is 0 Å². The zero-order chi connectivity index (χ0) is 11.5. The molecule has 1 aromatic heterocycles. The summed E-state index contributed by atoms with van der Waals surface area (Å²) in [5.74, 6) is 1.04. The fraction of sp³-hybridized carbons (Fsp3) is 0.600. The molecule has 1 aliphatic heterocycles. The molecule has 0 spiro atoms. The largest absolute Gasteiger partial charge is 0.378 e. The standard InChI is InChI=1S/C10H15BrN4O/c1-6-4-7(2-3-16-6)14-9-8(11)5-13-10(12)15-9/h5-7H,2-4H2,1H3,(H3,12,13,14,15). The summed E-state index contributed by atoms with van der Waals surface area (Å²) in [5, 5.41) is 3.36. The molecule has 2 atom stereocenters. The molecular formula is C10H15BrN4O. The summed E-state index contributed by atoms with van der Waals surface area (Å²) in [5.41, 5.74) is 5.55. The van der Waals surface area contributed by atoms with Crippen molar-refractivity contribution >= 4 is 27.7 Å². The predicted octanol–water partition coefficient (Wildman–Crippen LogP) is 1.80. The van der Waals surface area contributed by atoms with Gasteiger partial charge in [0.05, 0.1) is 10.6 Å². The summed E-state index contributed by atoms with van der Waals surface area (Å²) in [6.07, 6.45) is 3.92. The summed E-state index contributed by atoms with van der Waals surface area (Å²) in [7, 11) is 0. The number of nitrogens with two attached hydrogens (primary N) is 1. The molecule has 0 saturated carbocycles. The Labute approximate surface area is 103 Å². The zero-order valence-corrected chi connectivity index (χ0v) is 10.7. The average Bonchev–Trinajstić information content (AvgIpc) is 2.24. The molecule has 5 nitrogen and oxygen atoms in total. The summed E-state index contributed by atoms with van der Waals surface area (Å²) in [4.78, 5) is 8.06. The molecule has 1 aliphatic rings. The molecule has 88 valence electrons. The van der Waals surface area contributed by atoms with E-state index >= 15 is 0 Å². The van der Waals surface area contributed by atoms with Crippen LogP contribution in [0.2, 0.25) is 0 Å². The first-order valence-corrected chi connectivity index (χ1v) is 6.10. The van der Waals surface area contributed by atoms with Gasteiger partial charge in [-0.25, -0.2) is 4.98 Å². The maximum atomic E-state index is 5.55. The SMILES string of the molecule is CC1CC(Nc2nc(N)ncc2Br)CCO1. The fourth-order valence-electron chi connectivity index (χ4n) is 1.80. The molecule has 1 fully saturated rings. The van der Waals surface area contributed by atoms with E-state index in [1.54, 1.807) is 6.20 Å². The van der Waals surface area contributed by atoms with E-state index in [9.17, 15) is 0 Å². The Hall–Kier alpha value is -0.880. The summed E-state index contributed by atoms with van der Waals surface area (Å²) in [6.45, 7) is 2.87. The van der Waals surface area contributed by atoms with Gasteiger partial charge in [0, 0.05) is 18.8 Å². The third kappa shape index (κ3) is 2.82. The summed E-state index contributed by atoms with van der Waals surface area (Å²) in [6, 6.07) is 0.384. The molecule has 1 saturated heterocycles. The van der Waals surface area contributed by atoms with E-state index in [-0.39, 0.29) is 5.95 Å². The van der Waals surface area contributed by atoms with Crippen molar-refractivity contribution < 1.29 is 4.74 Å². The number of anilines is 2. The summed E-state index contributed by atoms with van der Waals surface area (Å²) < 4.78 is 6.32. The molecule has 0 aliphatic carbocycles. The number of halogens is 1. The monoisotopic (exact) mass is 286 g/mol. The van der Waals surface area contributed by atoms with Gasteiger partial charge in [0.25, 0.3) is 0 Å². The highest BCUT2D eigenvalue weighted by atomic mass is 79.9. The first kappa shape index (κ1) is 11.6. The van der Waals surface area contributed by atoms with Crippen LogP contribution in [-0.2, 0) is 4.74 Å². The molecule has 1 aromatic rings. The number of nitrogens with zero attached hydrogens (tertiary/aromatic N) is 2. The van der Waals surface area contributed by atoms with Gasteiger partial charge in [-0.05, 0) is 35.7 Å². The smallest absolute Gasteiger partial charge is 0.221 e. The van der Waals surface area contributed by atoms with E-state index in [2.05, 4.69) is 38.1 Å². The minimum atomic E-state index is 0.283. The van der Waals surface area contributed by atoms with Crippen LogP contribution in [0.5, 0.6) is 0 Å². The topological polar surface area (TPSA) is 73.1 Å². The zero-order valence-electron chi connectivity index (χ0n) is 9.11. The van der Waals surface area contributed by atoms with E-state index in [1.165, 1.54) is 0 Å². The highest BCUT2D eigenvalue weighted by molar-refractivity contribution is 9.10. The van der Waals surface area contributed by atoms with Gasteiger partial charge in [-0.15, -0.1) is 0 Å². The van der Waals surface area contributed by atoms with Crippen LogP contribution < -0.4 is 11.1 Å². The molecule has 0 amide bonds. The van der Waals surface area contributed by atoms with Crippen LogP contribution in [0.1, 0.15) is 19.8 Å². The molecule has 3 N–H and O–H groups in total. The van der Waals surface area contributed by atoms with E-state index in [4.69, 9.17) is 10.5 Å². The maximum absolute atomic E-state index is 5.55. The number of nitrogen functional groups attached to an aromatic ring is 1. The lowest BCUT2D eigenvalue weighted by Crippen LogP contribution is -2.32. The van der Waals surface area contributed by atoms with Crippen LogP contribution in [0.4, 0.5) is 11.8 Å². The Morgan fingerprint density at radius 2 is 2.44 bits per heavy atom. The van der Waals surface area contributed by atoms with Crippen molar-refractivity contribution in [2.45, 2.75) is 31.9 Å². The Bertz CT molecular complexity index is 374. The first-order chi connectivity index (χ1) is 7.65. The van der Waals surface area contributed by atoms with Crippen molar-refractivity contribution in [2.24, 2.45) is 0 Å². The third-order valence-corrected chi connectivity index (χ3v) is 3.17. The van der Waals surface area contributed by atoms with Gasteiger partial charge in [-0.1, -0.05) is 0 Å². The van der Waals surface area contributed by atoms with Gasteiger partial charge < -0.3 is 15.8 Å². The van der Waals surface area contributed by atoms with E-state index < -0.39 is 0 Å². The van der Waals surface area contributed by atoms with Crippen LogP contribution in [0.25, 0.3) is 0 Å². The number of hydrogen-bond donors (Lipinski definition) is 2. The number of ether oxygens (including phenoxy) is 1. The van der Waals surface area contributed by atoms with Crippen LogP contribution >= 0.6 is 15.9 Å². The molecule has 6 heteroatoms. The number of hydrogen-bond acceptors (Lipinski definition) is 5. The van der Waals surface area contributed by atoms with Crippen molar-refractivity contribution in [3.63, 3.8) is 0 Å². The van der Waals surface area contributed by atoms with Crippen LogP contribution in [0, 0.1) is 0 Å². The van der Waals surface area contributed by atoms with Crippen LogP contribution in [0.15, 0.2) is 10.7 Å². The highest BCUT2D eigenvalue weighted by Gasteiger charge is 2.20. The predicted molar refractivity (Wildman–Crippen MR) is 66.2 cm³/mol. The Morgan fingerprint density at radius 1 is 1.62 bits per heavy atom. The maximum Gasteiger partial charge on any atom is 0.221 e. The summed E-state index contributed by atoms with van der Waals surface area (Å²) >= 11 is 3.40. The molecule has 16 heavy (non-hydrogen) atoms. The van der Waals surface area contributed by atoms with Gasteiger partial charge in [0.1, 0.15) is 5.82 Å². The van der Waals surface area contributed by atoms with Crippen molar-refractivity contribution in [3.8, 4) is 0 Å². The number of aromatic nitrogens is 2. The molecule has 0 radical (unpaired) electrons. The van der Waals surface area contributed by atoms with Crippen molar-refractivity contribution in [1.82, 2.24) is 9.97 Å². The van der Waals surface area contributed by atoms with E-state index in [0.29, 0.717) is 12.1 Å². The minimum Gasteiger partial charge on any atom is -0.378 e. The third-order valence-electron chi connectivity index (χ3n) is 2.59. The van der Waals surface area contributed by atoms with Crippen molar-refractivity contribution in [3.05, 3.63) is 10.7 Å². The second-order valence-electron chi connectivity index (χ2n) is 3.97. The quantitative estimate of drug-likeness (QED) is 0.867. The molecular weight excluding hydrogens is 272 g/mol. The normalized spacial score (nSPS) is 25.4. The molecule has 2 heterocycles. The Morgan fingerprint density at radius 3 is 3.19 bits per heavy atom. The first-order valence-electron chi connectivity index (χ1n) is 5.31. The average molecular weight is 287 g/mol. The van der Waals surface area contributed by atoms with Crippen LogP contribution in [0.3, 0.4) is 0 Å². The number of nitrogens with one attached hydrogen (secondary N) is 1. The molecule has 2 unspecified atom stereocenters. The van der Waals surface area contributed by atoms with E-state index in [1.807, 2.05) is 0 Å². The van der Waals surface area contributed by atoms with Gasteiger partial charge in [0.2, 0.25) is 5.95 Å². The lowest BCUT2D eigenvalue weighted by atomic mass is 10.0. The second kappa shape index (κ2) is 4.97. The van der Waals surface area contributed by atoms with Gasteiger partial charge in [-0.2, -0.15) is 4.98 Å². The van der Waals surface area contributed by atoms with Crippen molar-refractivity contribution in [2.75, 3.05) is 17.7 Å². The fourth-order valence-corrected chi connectivity index (χ4v) is 2.11. The molecule has 2 rings (SSSR count). The molecule has 0 aromatic carbocycles. The Balaban J connectivity index is 2.05. The minimum absolute atomic E-state index is 0.283. The number of rotatable bonds is 2.